The summed E-state index contributed by atoms with van der Waals surface area (Å²) in [4.78, 5) is 1.47. The average molecular weight is 374 g/mol. The quantitative estimate of drug-likeness (QED) is 0.349. The first-order valence-electron chi connectivity index (χ1n) is 6.50. The molecule has 2 unspecified atom stereocenters. The molecule has 0 spiro atoms. The van der Waals surface area contributed by atoms with E-state index in [-0.39, 0.29) is 0 Å². The molecule has 5 nitrogen and oxygen atoms in total. The average Bonchev–Trinajstić information content (AvgIpc) is 2.93. The van der Waals surface area contributed by atoms with E-state index in [0.717, 1.165) is 5.75 Å². The Labute approximate surface area is 135 Å². The summed E-state index contributed by atoms with van der Waals surface area (Å²) >= 11 is 0. The number of halogens is 3. The molecule has 132 valence electrons. The highest BCUT2D eigenvalue weighted by molar-refractivity contribution is 7.97. The Morgan fingerprint density at radius 1 is 1.30 bits per heavy atom. The summed E-state index contributed by atoms with van der Waals surface area (Å²) in [7, 11) is -4.02. The summed E-state index contributed by atoms with van der Waals surface area (Å²) in [5, 5.41) is 0. The van der Waals surface area contributed by atoms with Gasteiger partial charge in [0.2, 0.25) is 0 Å². The second-order valence-electron chi connectivity index (χ2n) is 4.56. The maximum absolute atomic E-state index is 10.7. The molecule has 23 heavy (non-hydrogen) atoms. The van der Waals surface area contributed by atoms with Crippen molar-refractivity contribution in [2.75, 3.05) is 25.4 Å². The number of benzene rings is 1. The number of ether oxygens (including phenoxy) is 2. The van der Waals surface area contributed by atoms with Gasteiger partial charge in [0.1, 0.15) is 24.4 Å². The minimum absolute atomic E-state index is 0.395. The predicted octanol–water partition coefficient (Wildman–Crippen LogP) is 2.11. The van der Waals surface area contributed by atoms with Crippen LogP contribution in [-0.4, -0.2) is 50.0 Å². The van der Waals surface area contributed by atoms with Gasteiger partial charge in [0.05, 0.1) is 0 Å². The van der Waals surface area contributed by atoms with E-state index >= 15 is 0 Å². The van der Waals surface area contributed by atoms with Crippen LogP contribution in [0.25, 0.3) is 0 Å². The zero-order valence-corrected chi connectivity index (χ0v) is 13.9. The summed E-state index contributed by atoms with van der Waals surface area (Å²) in [5.41, 5.74) is -5.65. The number of rotatable bonds is 4. The lowest BCUT2D eigenvalue weighted by atomic mass is 10.3. The van der Waals surface area contributed by atoms with Gasteiger partial charge in [0.25, 0.3) is 0 Å². The number of alkyl halides is 3. The molecule has 1 aromatic rings. The molecule has 0 N–H and O–H groups in total. The molecule has 1 aliphatic heterocycles. The maximum Gasteiger partial charge on any atom is 0.485 e. The summed E-state index contributed by atoms with van der Waals surface area (Å²) in [5.74, 6) is 2.42. The Balaban J connectivity index is 0.000000284. The number of hydrogen-bond acceptors (Lipinski definition) is 5. The van der Waals surface area contributed by atoms with E-state index in [9.17, 15) is 13.2 Å². The van der Waals surface area contributed by atoms with Crippen molar-refractivity contribution in [3.8, 4) is 0 Å². The van der Waals surface area contributed by atoms with E-state index < -0.39 is 15.6 Å². The third-order valence-electron chi connectivity index (χ3n) is 2.85. The molecule has 1 aliphatic rings. The molecule has 2 rings (SSSR count). The number of hydrogen-bond donors (Lipinski definition) is 0. The van der Waals surface area contributed by atoms with Gasteiger partial charge in [-0.2, -0.15) is 13.2 Å². The van der Waals surface area contributed by atoms with E-state index in [0.29, 0.717) is 23.8 Å². The Hall–Kier alpha value is -0.810. The van der Waals surface area contributed by atoms with Crippen LogP contribution < -0.4 is 0 Å². The Bertz CT molecular complexity index is 563. The fraction of sp³-hybridized carbons (Fsp3) is 0.538. The summed E-state index contributed by atoms with van der Waals surface area (Å²) in [6.07, 6.45) is 1.56. The van der Waals surface area contributed by atoms with E-state index in [1.165, 1.54) is 17.1 Å². The normalized spacial score (nSPS) is 21.6. The van der Waals surface area contributed by atoms with Crippen LogP contribution in [0.15, 0.2) is 35.2 Å². The SMILES string of the molecule is COCOC1CC[S+](c2ccccc2)C1.O=S(=O)([O-])C(F)(F)F. The lowest BCUT2D eigenvalue weighted by Gasteiger charge is -2.08. The Morgan fingerprint density at radius 3 is 2.35 bits per heavy atom. The minimum Gasteiger partial charge on any atom is -0.741 e. The van der Waals surface area contributed by atoms with Crippen LogP contribution in [0.4, 0.5) is 13.2 Å². The second kappa shape index (κ2) is 8.88. The van der Waals surface area contributed by atoms with Gasteiger partial charge in [0.15, 0.2) is 15.0 Å². The van der Waals surface area contributed by atoms with Gasteiger partial charge in [-0.05, 0) is 12.1 Å². The maximum atomic E-state index is 10.7. The van der Waals surface area contributed by atoms with Crippen LogP contribution in [0.1, 0.15) is 6.42 Å². The van der Waals surface area contributed by atoms with E-state index in [4.69, 9.17) is 22.4 Å². The fourth-order valence-corrected chi connectivity index (χ4v) is 4.18. The standard InChI is InChI=1S/C12H17O2S.CHF3O3S/c1-13-10-14-11-7-8-15(9-11)12-5-3-2-4-6-12;2-1(3,4)8(5,6)7/h2-6,11H,7-10H2,1H3;(H,5,6,7)/q+1;/p-1. The minimum atomic E-state index is -6.09. The summed E-state index contributed by atoms with van der Waals surface area (Å²) in [6, 6.07) is 10.8. The molecule has 0 aliphatic carbocycles. The van der Waals surface area contributed by atoms with Crippen molar-refractivity contribution in [1.82, 2.24) is 0 Å². The van der Waals surface area contributed by atoms with Gasteiger partial charge in [-0.3, -0.25) is 0 Å². The smallest absolute Gasteiger partial charge is 0.485 e. The van der Waals surface area contributed by atoms with Gasteiger partial charge < -0.3 is 14.0 Å². The van der Waals surface area contributed by atoms with Crippen LogP contribution in [0, 0.1) is 0 Å². The molecule has 2 atom stereocenters. The highest BCUT2D eigenvalue weighted by atomic mass is 32.2. The third kappa shape index (κ3) is 7.08. The molecule has 0 saturated carbocycles. The monoisotopic (exact) mass is 374 g/mol. The summed E-state index contributed by atoms with van der Waals surface area (Å²) < 4.78 is 69.4. The molecule has 0 radical (unpaired) electrons. The molecule has 10 heteroatoms. The van der Waals surface area contributed by atoms with Gasteiger partial charge in [-0.25, -0.2) is 8.42 Å². The van der Waals surface area contributed by atoms with Crippen molar-refractivity contribution in [3.05, 3.63) is 30.3 Å². The van der Waals surface area contributed by atoms with Crippen molar-refractivity contribution in [2.24, 2.45) is 0 Å². The van der Waals surface area contributed by atoms with Gasteiger partial charge in [-0.15, -0.1) is 0 Å². The van der Waals surface area contributed by atoms with Crippen LogP contribution in [0.5, 0.6) is 0 Å². The molecule has 0 amide bonds. The molecule has 1 heterocycles. The highest BCUT2D eigenvalue weighted by Gasteiger charge is 2.37. The lowest BCUT2D eigenvalue weighted by Crippen LogP contribution is -2.21. The van der Waals surface area contributed by atoms with Gasteiger partial charge in [-0.1, -0.05) is 18.2 Å². The van der Waals surface area contributed by atoms with E-state index in [1.54, 1.807) is 7.11 Å². The lowest BCUT2D eigenvalue weighted by molar-refractivity contribution is -0.0621. The highest BCUT2D eigenvalue weighted by Crippen LogP contribution is 2.24. The van der Waals surface area contributed by atoms with Gasteiger partial charge in [0, 0.05) is 24.4 Å². The molecular formula is C13H17F3O5S2. The Kier molecular flexibility index (Phi) is 7.81. The third-order valence-corrected chi connectivity index (χ3v) is 5.86. The van der Waals surface area contributed by atoms with Crippen LogP contribution in [0.2, 0.25) is 0 Å². The molecule has 1 saturated heterocycles. The summed E-state index contributed by atoms with van der Waals surface area (Å²) in [6.45, 7) is 0.427. The van der Waals surface area contributed by atoms with Crippen LogP contribution in [0.3, 0.4) is 0 Å². The van der Waals surface area contributed by atoms with Crippen molar-refractivity contribution in [3.63, 3.8) is 0 Å². The molecule has 1 fully saturated rings. The van der Waals surface area contributed by atoms with Crippen molar-refractivity contribution in [2.45, 2.75) is 22.9 Å². The molecule has 1 aromatic carbocycles. The van der Waals surface area contributed by atoms with Crippen LogP contribution in [-0.2, 0) is 30.5 Å². The van der Waals surface area contributed by atoms with E-state index in [2.05, 4.69) is 30.3 Å². The largest absolute Gasteiger partial charge is 0.741 e. The topological polar surface area (TPSA) is 75.7 Å². The first kappa shape index (κ1) is 20.2. The van der Waals surface area contributed by atoms with E-state index in [1.807, 2.05) is 0 Å². The zero-order valence-electron chi connectivity index (χ0n) is 12.3. The first-order chi connectivity index (χ1) is 10.6. The van der Waals surface area contributed by atoms with Crippen molar-refractivity contribution in [1.29, 1.82) is 0 Å². The fourth-order valence-electron chi connectivity index (χ4n) is 1.79. The van der Waals surface area contributed by atoms with Crippen molar-refractivity contribution < 1.29 is 35.6 Å². The molecular weight excluding hydrogens is 357 g/mol. The number of methoxy groups -OCH3 is 1. The van der Waals surface area contributed by atoms with Crippen LogP contribution >= 0.6 is 0 Å². The van der Waals surface area contributed by atoms with Crippen molar-refractivity contribution >= 4 is 21.0 Å². The Morgan fingerprint density at radius 2 is 1.87 bits per heavy atom. The second-order valence-corrected chi connectivity index (χ2v) is 8.13. The zero-order chi connectivity index (χ0) is 17.5. The molecule has 0 aromatic heterocycles. The van der Waals surface area contributed by atoms with Gasteiger partial charge >= 0.3 is 5.51 Å². The first-order valence-corrected chi connectivity index (χ1v) is 9.47. The molecule has 0 bridgehead atoms. The predicted molar refractivity (Wildman–Crippen MR) is 78.9 cm³/mol.